The summed E-state index contributed by atoms with van der Waals surface area (Å²) in [7, 11) is 3.30. The number of hydrogen-bond donors (Lipinski definition) is 2. The van der Waals surface area contributed by atoms with Gasteiger partial charge in [-0.25, -0.2) is 0 Å². The highest BCUT2D eigenvalue weighted by molar-refractivity contribution is 6.01. The number of para-hydroxylation sites is 1. The molecule has 1 heterocycles. The van der Waals surface area contributed by atoms with Crippen LogP contribution in [0.3, 0.4) is 0 Å². The number of nitrogens with zero attached hydrogens (tertiary/aromatic N) is 1. The van der Waals surface area contributed by atoms with Crippen molar-refractivity contribution < 1.29 is 19.4 Å². The van der Waals surface area contributed by atoms with Crippen LogP contribution in [0.4, 0.5) is 0 Å². The molecule has 6 nitrogen and oxygen atoms in total. The van der Waals surface area contributed by atoms with Crippen LogP contribution in [0.5, 0.6) is 5.75 Å². The third kappa shape index (κ3) is 2.37. The second-order valence-electron chi connectivity index (χ2n) is 4.06. The molecular weight excluding hydrogens is 248 g/mol. The zero-order valence-electron chi connectivity index (χ0n) is 10.6. The lowest BCUT2D eigenvalue weighted by Crippen LogP contribution is -2.30. The number of benzene rings is 1. The van der Waals surface area contributed by atoms with Crippen molar-refractivity contribution in [3.05, 3.63) is 30.0 Å². The van der Waals surface area contributed by atoms with E-state index in [4.69, 9.17) is 9.84 Å². The van der Waals surface area contributed by atoms with E-state index in [1.54, 1.807) is 30.9 Å². The van der Waals surface area contributed by atoms with Crippen molar-refractivity contribution in [1.82, 2.24) is 9.88 Å². The predicted molar refractivity (Wildman–Crippen MR) is 69.4 cm³/mol. The number of aryl methyl sites for hydroxylation is 1. The van der Waals surface area contributed by atoms with Crippen LogP contribution in [-0.2, 0) is 11.8 Å². The van der Waals surface area contributed by atoms with Crippen LogP contribution in [0.25, 0.3) is 10.9 Å². The normalized spacial score (nSPS) is 10.4. The van der Waals surface area contributed by atoms with Crippen molar-refractivity contribution in [2.24, 2.45) is 7.05 Å². The van der Waals surface area contributed by atoms with E-state index >= 15 is 0 Å². The smallest absolute Gasteiger partial charge is 0.322 e. The van der Waals surface area contributed by atoms with Gasteiger partial charge in [-0.1, -0.05) is 12.1 Å². The maximum atomic E-state index is 11.9. The van der Waals surface area contributed by atoms with Crippen molar-refractivity contribution in [3.63, 3.8) is 0 Å². The molecule has 0 radical (unpaired) electrons. The maximum Gasteiger partial charge on any atom is 0.322 e. The van der Waals surface area contributed by atoms with Gasteiger partial charge in [0.25, 0.3) is 5.91 Å². The average molecular weight is 262 g/mol. The average Bonchev–Trinajstić information content (AvgIpc) is 2.73. The topological polar surface area (TPSA) is 80.6 Å². The fourth-order valence-corrected chi connectivity index (χ4v) is 2.01. The summed E-state index contributed by atoms with van der Waals surface area (Å²) in [6.45, 7) is -0.405. The SMILES string of the molecule is COc1cccc2cc(C(=O)NCC(=O)O)n(C)c12. The third-order valence-electron chi connectivity index (χ3n) is 2.87. The van der Waals surface area contributed by atoms with Crippen LogP contribution < -0.4 is 10.1 Å². The van der Waals surface area contributed by atoms with Gasteiger partial charge in [-0.3, -0.25) is 9.59 Å². The highest BCUT2D eigenvalue weighted by Gasteiger charge is 2.16. The van der Waals surface area contributed by atoms with Gasteiger partial charge in [0.1, 0.15) is 18.0 Å². The van der Waals surface area contributed by atoms with Gasteiger partial charge in [-0.15, -0.1) is 0 Å². The number of aliphatic carboxylic acids is 1. The van der Waals surface area contributed by atoms with Crippen molar-refractivity contribution in [1.29, 1.82) is 0 Å². The fourth-order valence-electron chi connectivity index (χ4n) is 2.01. The predicted octanol–water partition coefficient (Wildman–Crippen LogP) is 1.00. The molecule has 0 atom stereocenters. The maximum absolute atomic E-state index is 11.9. The molecule has 19 heavy (non-hydrogen) atoms. The van der Waals surface area contributed by atoms with E-state index < -0.39 is 18.4 Å². The molecule has 0 saturated heterocycles. The van der Waals surface area contributed by atoms with E-state index in [1.807, 2.05) is 12.1 Å². The third-order valence-corrected chi connectivity index (χ3v) is 2.87. The van der Waals surface area contributed by atoms with Crippen LogP contribution >= 0.6 is 0 Å². The molecule has 2 rings (SSSR count). The summed E-state index contributed by atoms with van der Waals surface area (Å²) in [5, 5.41) is 11.8. The molecule has 6 heteroatoms. The zero-order chi connectivity index (χ0) is 14.0. The molecule has 2 N–H and O–H groups in total. The molecule has 100 valence electrons. The van der Waals surface area contributed by atoms with Gasteiger partial charge >= 0.3 is 5.97 Å². The molecule has 0 aliphatic rings. The first-order valence-corrected chi connectivity index (χ1v) is 5.67. The van der Waals surface area contributed by atoms with Crippen molar-refractivity contribution in [2.75, 3.05) is 13.7 Å². The summed E-state index contributed by atoms with van der Waals surface area (Å²) < 4.78 is 6.94. The largest absolute Gasteiger partial charge is 0.495 e. The van der Waals surface area contributed by atoms with Crippen LogP contribution in [0.2, 0.25) is 0 Å². The molecule has 0 bridgehead atoms. The second-order valence-corrected chi connectivity index (χ2v) is 4.06. The second kappa shape index (κ2) is 5.01. The van der Waals surface area contributed by atoms with Gasteiger partial charge < -0.3 is 19.7 Å². The standard InChI is InChI=1S/C13H14N2O4/c1-15-9(13(18)14-7-11(16)17)6-8-4-3-5-10(19-2)12(8)15/h3-6H,7H2,1-2H3,(H,14,18)(H,16,17). The summed E-state index contributed by atoms with van der Waals surface area (Å²) in [6, 6.07) is 7.21. The van der Waals surface area contributed by atoms with Crippen LogP contribution in [0.15, 0.2) is 24.3 Å². The quantitative estimate of drug-likeness (QED) is 0.861. The zero-order valence-corrected chi connectivity index (χ0v) is 10.6. The summed E-state index contributed by atoms with van der Waals surface area (Å²) in [5.74, 6) is -0.842. The Morgan fingerprint density at radius 3 is 2.79 bits per heavy atom. The number of ether oxygens (including phenoxy) is 1. The Morgan fingerprint density at radius 1 is 1.42 bits per heavy atom. The number of carboxylic acids is 1. The minimum Gasteiger partial charge on any atom is -0.495 e. The van der Waals surface area contributed by atoms with Crippen LogP contribution in [-0.4, -0.2) is 35.2 Å². The monoisotopic (exact) mass is 262 g/mol. The number of amides is 1. The van der Waals surface area contributed by atoms with E-state index in [2.05, 4.69) is 5.32 Å². The molecule has 0 aliphatic heterocycles. The molecular formula is C13H14N2O4. The van der Waals surface area contributed by atoms with Crippen molar-refractivity contribution in [3.8, 4) is 5.75 Å². The van der Waals surface area contributed by atoms with Gasteiger partial charge in [0.2, 0.25) is 0 Å². The van der Waals surface area contributed by atoms with Gasteiger partial charge in [0, 0.05) is 12.4 Å². The summed E-state index contributed by atoms with van der Waals surface area (Å²) in [5.41, 5.74) is 1.19. The number of nitrogens with one attached hydrogen (secondary N) is 1. The van der Waals surface area contributed by atoms with Gasteiger partial charge in [0.15, 0.2) is 0 Å². The minimum atomic E-state index is -1.08. The van der Waals surface area contributed by atoms with Gasteiger partial charge in [0.05, 0.1) is 12.6 Å². The number of aromatic nitrogens is 1. The number of rotatable bonds is 4. The Kier molecular flexibility index (Phi) is 3.41. The van der Waals surface area contributed by atoms with E-state index in [0.717, 1.165) is 10.9 Å². The molecule has 0 spiro atoms. The lowest BCUT2D eigenvalue weighted by atomic mass is 10.2. The highest BCUT2D eigenvalue weighted by atomic mass is 16.5. The van der Waals surface area contributed by atoms with Crippen molar-refractivity contribution >= 4 is 22.8 Å². The Bertz CT molecular complexity index is 645. The molecule has 1 amide bonds. The minimum absolute atomic E-state index is 0.390. The molecule has 2 aromatic rings. The first kappa shape index (κ1) is 12.9. The lowest BCUT2D eigenvalue weighted by Gasteiger charge is -2.07. The van der Waals surface area contributed by atoms with E-state index in [1.165, 1.54) is 0 Å². The van der Waals surface area contributed by atoms with E-state index in [0.29, 0.717) is 11.4 Å². The summed E-state index contributed by atoms with van der Waals surface area (Å²) in [6.07, 6.45) is 0. The number of carboxylic acid groups (broad SMARTS) is 1. The Labute approximate surface area is 109 Å². The number of carbonyl (C=O) groups is 2. The van der Waals surface area contributed by atoms with E-state index in [-0.39, 0.29) is 0 Å². The van der Waals surface area contributed by atoms with Gasteiger partial charge in [-0.2, -0.15) is 0 Å². The van der Waals surface area contributed by atoms with Gasteiger partial charge in [-0.05, 0) is 12.1 Å². The number of fused-ring (bicyclic) bond motifs is 1. The highest BCUT2D eigenvalue weighted by Crippen LogP contribution is 2.27. The lowest BCUT2D eigenvalue weighted by molar-refractivity contribution is -0.135. The molecule has 0 unspecified atom stereocenters. The molecule has 1 aromatic heterocycles. The molecule has 0 saturated carbocycles. The van der Waals surface area contributed by atoms with Crippen molar-refractivity contribution in [2.45, 2.75) is 0 Å². The van der Waals surface area contributed by atoms with Crippen LogP contribution in [0.1, 0.15) is 10.5 Å². The molecule has 0 fully saturated rings. The number of methoxy groups -OCH3 is 1. The fraction of sp³-hybridized carbons (Fsp3) is 0.231. The molecule has 1 aromatic carbocycles. The first-order chi connectivity index (χ1) is 9.04. The Morgan fingerprint density at radius 2 is 2.16 bits per heavy atom. The Balaban J connectivity index is 2.42. The Hall–Kier alpha value is -2.50. The number of carbonyl (C=O) groups excluding carboxylic acids is 1. The van der Waals surface area contributed by atoms with E-state index in [9.17, 15) is 9.59 Å². The number of hydrogen-bond acceptors (Lipinski definition) is 3. The molecule has 0 aliphatic carbocycles. The summed E-state index contributed by atoms with van der Waals surface area (Å²) in [4.78, 5) is 22.4. The van der Waals surface area contributed by atoms with Crippen LogP contribution in [0, 0.1) is 0 Å². The first-order valence-electron chi connectivity index (χ1n) is 5.67. The summed E-state index contributed by atoms with van der Waals surface area (Å²) >= 11 is 0.